The molecule has 0 atom stereocenters. The minimum Gasteiger partial charge on any atom is -0.314 e. The van der Waals surface area contributed by atoms with E-state index in [-0.39, 0.29) is 12.2 Å². The van der Waals surface area contributed by atoms with Gasteiger partial charge in [0.15, 0.2) is 0 Å². The normalized spacial score (nSPS) is 13.3. The van der Waals surface area contributed by atoms with Gasteiger partial charge >= 0.3 is 0 Å². The second-order valence-electron chi connectivity index (χ2n) is 4.72. The zero-order valence-electron chi connectivity index (χ0n) is 10.4. The molecule has 0 spiro atoms. The maximum Gasteiger partial charge on any atom is 0.268 e. The lowest BCUT2D eigenvalue weighted by Crippen LogP contribution is -2.24. The molecule has 18 heavy (non-hydrogen) atoms. The lowest BCUT2D eigenvalue weighted by atomic mass is 10.1. The summed E-state index contributed by atoms with van der Waals surface area (Å²) in [5.74, 6) is 0. The van der Waals surface area contributed by atoms with Gasteiger partial charge in [0, 0.05) is 12.7 Å². The Morgan fingerprint density at radius 1 is 1.33 bits per heavy atom. The van der Waals surface area contributed by atoms with E-state index in [0.29, 0.717) is 18.5 Å². The fourth-order valence-electron chi connectivity index (χ4n) is 2.55. The molecule has 0 aliphatic heterocycles. The molecule has 0 unspecified atom stereocenters. The molecule has 96 valence electrons. The van der Waals surface area contributed by atoms with Gasteiger partial charge < -0.3 is 4.57 Å². The Labute approximate surface area is 106 Å². The van der Waals surface area contributed by atoms with Crippen molar-refractivity contribution in [1.82, 2.24) is 4.57 Å². The summed E-state index contributed by atoms with van der Waals surface area (Å²) < 4.78 is 13.6. The Hall–Kier alpha value is -1.63. The number of alkyl halides is 1. The van der Waals surface area contributed by atoms with Crippen LogP contribution in [0.25, 0.3) is 0 Å². The van der Waals surface area contributed by atoms with Crippen molar-refractivity contribution in [3.63, 3.8) is 0 Å². The largest absolute Gasteiger partial charge is 0.314 e. The summed E-state index contributed by atoms with van der Waals surface area (Å²) >= 11 is 0. The lowest BCUT2D eigenvalue weighted by molar-refractivity contribution is 0.446. The molecule has 3 nitrogen and oxygen atoms in total. The molecular formula is C14H17FN2O. The van der Waals surface area contributed by atoms with Crippen LogP contribution in [0.5, 0.6) is 0 Å². The van der Waals surface area contributed by atoms with Crippen LogP contribution in [0.15, 0.2) is 11.0 Å². The van der Waals surface area contributed by atoms with Crippen LogP contribution in [-0.4, -0.2) is 11.2 Å². The van der Waals surface area contributed by atoms with E-state index in [4.69, 9.17) is 5.26 Å². The molecule has 1 aromatic heterocycles. The van der Waals surface area contributed by atoms with E-state index in [1.54, 1.807) is 4.57 Å². The Morgan fingerprint density at radius 2 is 2.17 bits per heavy atom. The lowest BCUT2D eigenvalue weighted by Gasteiger charge is -2.09. The summed E-state index contributed by atoms with van der Waals surface area (Å²) in [6.07, 6.45) is 6.82. The molecule has 1 heterocycles. The third kappa shape index (κ3) is 2.45. The van der Waals surface area contributed by atoms with Crippen LogP contribution in [0, 0.1) is 11.3 Å². The number of fused-ring (bicyclic) bond motifs is 1. The summed E-state index contributed by atoms with van der Waals surface area (Å²) in [5.41, 5.74) is 2.22. The number of hydrogen-bond acceptors (Lipinski definition) is 2. The van der Waals surface area contributed by atoms with Gasteiger partial charge in [-0.3, -0.25) is 9.18 Å². The number of unbranched alkanes of at least 4 members (excludes halogenated alkanes) is 2. The van der Waals surface area contributed by atoms with Crippen molar-refractivity contribution in [2.45, 2.75) is 45.1 Å². The Balaban J connectivity index is 2.22. The molecule has 0 saturated carbocycles. The Kier molecular flexibility index (Phi) is 4.14. The number of aromatic nitrogens is 1. The first-order chi connectivity index (χ1) is 8.77. The number of rotatable bonds is 5. The molecule has 2 rings (SSSR count). The van der Waals surface area contributed by atoms with Crippen LogP contribution < -0.4 is 5.56 Å². The summed E-state index contributed by atoms with van der Waals surface area (Å²) in [6.45, 7) is 0.281. The van der Waals surface area contributed by atoms with Crippen molar-refractivity contribution < 1.29 is 4.39 Å². The smallest absolute Gasteiger partial charge is 0.268 e. The molecule has 1 aliphatic carbocycles. The number of pyridine rings is 1. The topological polar surface area (TPSA) is 45.8 Å². The highest BCUT2D eigenvalue weighted by Gasteiger charge is 2.19. The highest BCUT2D eigenvalue weighted by atomic mass is 19.1. The van der Waals surface area contributed by atoms with Gasteiger partial charge in [0.05, 0.1) is 6.67 Å². The van der Waals surface area contributed by atoms with Gasteiger partial charge in [-0.15, -0.1) is 0 Å². The van der Waals surface area contributed by atoms with Gasteiger partial charge in [0.1, 0.15) is 11.6 Å². The number of aryl methyl sites for hydroxylation is 2. The molecule has 0 radical (unpaired) electrons. The van der Waals surface area contributed by atoms with Crippen molar-refractivity contribution in [2.75, 3.05) is 6.67 Å². The second kappa shape index (κ2) is 5.81. The number of nitriles is 1. The van der Waals surface area contributed by atoms with Crippen molar-refractivity contribution >= 4 is 0 Å². The van der Waals surface area contributed by atoms with E-state index in [9.17, 15) is 9.18 Å². The molecule has 0 amide bonds. The van der Waals surface area contributed by atoms with Gasteiger partial charge in [0.25, 0.3) is 5.56 Å². The first-order valence-electron chi connectivity index (χ1n) is 6.49. The number of hydrogen-bond donors (Lipinski definition) is 0. The zero-order chi connectivity index (χ0) is 13.0. The van der Waals surface area contributed by atoms with E-state index >= 15 is 0 Å². The van der Waals surface area contributed by atoms with Crippen LogP contribution in [-0.2, 0) is 19.4 Å². The summed E-state index contributed by atoms with van der Waals surface area (Å²) in [7, 11) is 0. The van der Waals surface area contributed by atoms with Crippen LogP contribution in [0.2, 0.25) is 0 Å². The standard InChI is InChI=1S/C14H17FN2O/c15-7-2-1-3-8-17-10-11-5-4-6-12(11)13(9-16)14(17)18/h10H,1-8H2. The van der Waals surface area contributed by atoms with Crippen LogP contribution in [0.1, 0.15) is 42.4 Å². The van der Waals surface area contributed by atoms with E-state index in [1.807, 2.05) is 12.3 Å². The average molecular weight is 248 g/mol. The Bertz CT molecular complexity index is 528. The monoisotopic (exact) mass is 248 g/mol. The van der Waals surface area contributed by atoms with Crippen LogP contribution in [0.4, 0.5) is 4.39 Å². The molecule has 0 bridgehead atoms. The van der Waals surface area contributed by atoms with E-state index in [1.165, 1.54) is 0 Å². The molecule has 1 aromatic rings. The van der Waals surface area contributed by atoms with Crippen molar-refractivity contribution in [3.05, 3.63) is 33.2 Å². The fraction of sp³-hybridized carbons (Fsp3) is 0.571. The number of halogens is 1. The zero-order valence-corrected chi connectivity index (χ0v) is 10.4. The number of nitrogens with zero attached hydrogens (tertiary/aromatic N) is 2. The van der Waals surface area contributed by atoms with Crippen molar-refractivity contribution in [1.29, 1.82) is 5.26 Å². The maximum atomic E-state index is 12.1. The van der Waals surface area contributed by atoms with Gasteiger partial charge in [-0.05, 0) is 49.7 Å². The van der Waals surface area contributed by atoms with Gasteiger partial charge in [-0.1, -0.05) is 0 Å². The molecule has 4 heteroatoms. The average Bonchev–Trinajstić information content (AvgIpc) is 2.83. The summed E-state index contributed by atoms with van der Waals surface area (Å²) in [4.78, 5) is 12.1. The fourth-order valence-corrected chi connectivity index (χ4v) is 2.55. The van der Waals surface area contributed by atoms with Crippen LogP contribution in [0.3, 0.4) is 0 Å². The van der Waals surface area contributed by atoms with Crippen molar-refractivity contribution in [3.8, 4) is 6.07 Å². The third-order valence-corrected chi connectivity index (χ3v) is 3.49. The molecular weight excluding hydrogens is 231 g/mol. The van der Waals surface area contributed by atoms with E-state index in [0.717, 1.165) is 43.2 Å². The first kappa shape index (κ1) is 12.8. The highest BCUT2D eigenvalue weighted by molar-refractivity contribution is 5.43. The minimum atomic E-state index is -0.303. The van der Waals surface area contributed by atoms with Crippen LogP contribution >= 0.6 is 0 Å². The first-order valence-corrected chi connectivity index (χ1v) is 6.49. The Morgan fingerprint density at radius 3 is 2.89 bits per heavy atom. The van der Waals surface area contributed by atoms with Gasteiger partial charge in [-0.2, -0.15) is 5.26 Å². The quantitative estimate of drug-likeness (QED) is 0.751. The highest BCUT2D eigenvalue weighted by Crippen LogP contribution is 2.22. The molecule has 1 aliphatic rings. The second-order valence-corrected chi connectivity index (χ2v) is 4.72. The SMILES string of the molecule is N#Cc1c2c(cn(CCCCCF)c1=O)CCC2. The van der Waals surface area contributed by atoms with Gasteiger partial charge in [0.2, 0.25) is 0 Å². The molecule has 0 saturated heterocycles. The minimum absolute atomic E-state index is 0.182. The predicted octanol–water partition coefficient (Wildman–Crippen LogP) is 2.35. The molecule has 0 fully saturated rings. The van der Waals surface area contributed by atoms with E-state index in [2.05, 4.69) is 0 Å². The predicted molar refractivity (Wildman–Crippen MR) is 67.3 cm³/mol. The summed E-state index contributed by atoms with van der Waals surface area (Å²) in [6, 6.07) is 2.04. The van der Waals surface area contributed by atoms with E-state index < -0.39 is 0 Å². The summed E-state index contributed by atoms with van der Waals surface area (Å²) in [5, 5.41) is 9.10. The third-order valence-electron chi connectivity index (χ3n) is 3.49. The van der Waals surface area contributed by atoms with Gasteiger partial charge in [-0.25, -0.2) is 0 Å². The molecule has 0 N–H and O–H groups in total. The maximum absolute atomic E-state index is 12.1. The van der Waals surface area contributed by atoms with Crippen molar-refractivity contribution in [2.24, 2.45) is 0 Å². The molecule has 0 aromatic carbocycles.